The fourth-order valence-electron chi connectivity index (χ4n) is 3.41. The molecule has 1 aliphatic carbocycles. The van der Waals surface area contributed by atoms with Gasteiger partial charge in [0.25, 0.3) is 0 Å². The minimum absolute atomic E-state index is 0. The van der Waals surface area contributed by atoms with Crippen LogP contribution in [0.15, 0.2) is 24.3 Å². The second-order valence-corrected chi connectivity index (χ2v) is 6.06. The molecule has 0 fully saturated rings. The summed E-state index contributed by atoms with van der Waals surface area (Å²) in [5.41, 5.74) is -0.302. The molecule has 0 aliphatic heterocycles. The van der Waals surface area contributed by atoms with E-state index in [0.29, 0.717) is 12.8 Å². The molecule has 0 heterocycles. The van der Waals surface area contributed by atoms with Crippen molar-refractivity contribution in [3.63, 3.8) is 0 Å². The zero-order valence-electron chi connectivity index (χ0n) is 12.1. The number of carbonyl (C=O) groups is 2. The number of aliphatic hydroxyl groups is 1. The fourth-order valence-corrected chi connectivity index (χ4v) is 3.41. The summed E-state index contributed by atoms with van der Waals surface area (Å²) in [4.78, 5) is 23.2. The third kappa shape index (κ3) is 4.40. The summed E-state index contributed by atoms with van der Waals surface area (Å²) in [6.45, 7) is 3.24. The molecular weight excluding hydrogens is 318 g/mol. The number of fused-ring (bicyclic) bond motifs is 1. The summed E-state index contributed by atoms with van der Waals surface area (Å²) < 4.78 is 0. The molecule has 1 aromatic carbocycles. The van der Waals surface area contributed by atoms with Gasteiger partial charge in [-0.3, -0.25) is 4.79 Å². The van der Waals surface area contributed by atoms with Gasteiger partial charge in [-0.2, -0.15) is 0 Å². The summed E-state index contributed by atoms with van der Waals surface area (Å²) in [5, 5.41) is 29.7. The normalized spacial score (nSPS) is 17.4. The maximum atomic E-state index is 11.7. The van der Waals surface area contributed by atoms with Crippen molar-refractivity contribution in [3.05, 3.63) is 35.4 Å². The van der Waals surface area contributed by atoms with E-state index in [-0.39, 0.29) is 59.1 Å². The second kappa shape index (κ2) is 8.99. The Kier molecular flexibility index (Phi) is 9.04. The summed E-state index contributed by atoms with van der Waals surface area (Å²) in [6, 6.07) is 7.50. The molecule has 5 nitrogen and oxygen atoms in total. The average Bonchev–Trinajstić information content (AvgIpc) is 2.81. The van der Waals surface area contributed by atoms with E-state index in [0.717, 1.165) is 11.1 Å². The molecule has 0 radical (unpaired) electrons. The third-order valence-electron chi connectivity index (χ3n) is 4.42. The van der Waals surface area contributed by atoms with Crippen LogP contribution >= 0.6 is 0 Å². The van der Waals surface area contributed by atoms with Gasteiger partial charge in [-0.25, -0.2) is 4.79 Å². The molecule has 2 rings (SSSR count). The van der Waals surface area contributed by atoms with Crippen molar-refractivity contribution < 1.29 is 24.9 Å². The third-order valence-corrected chi connectivity index (χ3v) is 4.42. The van der Waals surface area contributed by atoms with Gasteiger partial charge in [-0.05, 0) is 29.9 Å². The summed E-state index contributed by atoms with van der Waals surface area (Å²) in [5.74, 6) is -5.18. The van der Waals surface area contributed by atoms with E-state index < -0.39 is 35.3 Å². The number of rotatable bonds is 5. The molecule has 3 N–H and O–H groups in total. The Morgan fingerprint density at radius 3 is 1.83 bits per heavy atom. The first-order valence-electron chi connectivity index (χ1n) is 7.03. The van der Waals surface area contributed by atoms with Gasteiger partial charge in [0, 0.05) is 5.92 Å². The van der Waals surface area contributed by atoms with Crippen LogP contribution in [0.1, 0.15) is 25.0 Å². The molecule has 0 aromatic heterocycles. The predicted molar refractivity (Wildman–Crippen MR) is 90.2 cm³/mol. The van der Waals surface area contributed by atoms with Crippen LogP contribution in [-0.2, 0) is 22.4 Å². The number of hydrogen-bond acceptors (Lipinski definition) is 3. The second-order valence-electron chi connectivity index (χ2n) is 6.06. The average molecular weight is 340 g/mol. The van der Waals surface area contributed by atoms with Gasteiger partial charge >= 0.3 is 71.1 Å². The Morgan fingerprint density at radius 2 is 1.52 bits per heavy atom. The molecule has 1 aromatic rings. The molecule has 0 spiro atoms. The Morgan fingerprint density at radius 1 is 1.09 bits per heavy atom. The molecule has 0 bridgehead atoms. The number of hydrogen-bond donors (Lipinski definition) is 3. The van der Waals surface area contributed by atoms with Crippen LogP contribution in [0.4, 0.5) is 0 Å². The van der Waals surface area contributed by atoms with Crippen LogP contribution < -0.4 is 0 Å². The monoisotopic (exact) mass is 340 g/mol. The molecule has 118 valence electrons. The molecule has 0 saturated carbocycles. The van der Waals surface area contributed by atoms with E-state index in [4.69, 9.17) is 0 Å². The van der Waals surface area contributed by atoms with Crippen molar-refractivity contribution in [2.24, 2.45) is 17.8 Å². The van der Waals surface area contributed by atoms with Crippen LogP contribution in [0, 0.1) is 17.8 Å². The Bertz CT molecular complexity index is 550. The molecular formula is C16H22Na2O5. The Balaban J connectivity index is 0.00000242. The van der Waals surface area contributed by atoms with Gasteiger partial charge < -0.3 is 15.3 Å². The van der Waals surface area contributed by atoms with Crippen molar-refractivity contribution in [2.45, 2.75) is 32.3 Å². The standard InChI is InChI=1S/C16H20O5.2Na.2H/c1-9(2)13(14(17)18)16(21,15(19)20)12-7-10-5-3-4-6-11(10)8-12;;;;/h3-6,9,12-13,21H,7-8H2,1-2H3,(H,17,18)(H,19,20);;;;. The molecule has 7 heteroatoms. The van der Waals surface area contributed by atoms with Gasteiger partial charge in [0.15, 0.2) is 5.60 Å². The Hall–Kier alpha value is 0.120. The fraction of sp³-hybridized carbons (Fsp3) is 0.500. The summed E-state index contributed by atoms with van der Waals surface area (Å²) in [7, 11) is 0. The van der Waals surface area contributed by atoms with Gasteiger partial charge in [0.1, 0.15) is 0 Å². The molecule has 0 amide bonds. The van der Waals surface area contributed by atoms with Crippen LogP contribution in [-0.4, -0.2) is 92.0 Å². The van der Waals surface area contributed by atoms with E-state index in [1.807, 2.05) is 24.3 Å². The first kappa shape index (κ1) is 23.1. The SMILES string of the molecule is CC(C)C(C(=O)O)C(O)(C(=O)O)C1Cc2ccccc2C1.[NaH].[NaH]. The molecule has 0 saturated heterocycles. The quantitative estimate of drug-likeness (QED) is 0.669. The van der Waals surface area contributed by atoms with Crippen molar-refractivity contribution in [2.75, 3.05) is 0 Å². The van der Waals surface area contributed by atoms with Crippen LogP contribution in [0.3, 0.4) is 0 Å². The van der Waals surface area contributed by atoms with E-state index in [2.05, 4.69) is 0 Å². The Labute approximate surface area is 180 Å². The summed E-state index contributed by atoms with van der Waals surface area (Å²) >= 11 is 0. The van der Waals surface area contributed by atoms with Crippen molar-refractivity contribution in [1.82, 2.24) is 0 Å². The van der Waals surface area contributed by atoms with Gasteiger partial charge in [-0.15, -0.1) is 0 Å². The zero-order chi connectivity index (χ0) is 15.8. The topological polar surface area (TPSA) is 94.8 Å². The molecule has 2 atom stereocenters. The van der Waals surface area contributed by atoms with Gasteiger partial charge in [-0.1, -0.05) is 38.1 Å². The van der Waals surface area contributed by atoms with Crippen molar-refractivity contribution in [1.29, 1.82) is 0 Å². The van der Waals surface area contributed by atoms with Crippen LogP contribution in [0.5, 0.6) is 0 Å². The van der Waals surface area contributed by atoms with Crippen molar-refractivity contribution in [3.8, 4) is 0 Å². The van der Waals surface area contributed by atoms with Crippen molar-refractivity contribution >= 4 is 71.1 Å². The molecule has 1 aliphatic rings. The van der Waals surface area contributed by atoms with Gasteiger partial charge in [0.05, 0.1) is 5.92 Å². The minimum atomic E-state index is -2.26. The van der Waals surface area contributed by atoms with Gasteiger partial charge in [0.2, 0.25) is 0 Å². The predicted octanol–water partition coefficient (Wildman–Crippen LogP) is 0.277. The van der Waals surface area contributed by atoms with E-state index in [1.165, 1.54) is 0 Å². The number of carboxylic acid groups (broad SMARTS) is 2. The zero-order valence-corrected chi connectivity index (χ0v) is 12.1. The number of aliphatic carboxylic acids is 2. The molecule has 23 heavy (non-hydrogen) atoms. The first-order chi connectivity index (χ1) is 9.78. The van der Waals surface area contributed by atoms with Crippen LogP contribution in [0.25, 0.3) is 0 Å². The number of carboxylic acids is 2. The maximum absolute atomic E-state index is 11.7. The van der Waals surface area contributed by atoms with E-state index in [1.54, 1.807) is 13.8 Å². The van der Waals surface area contributed by atoms with E-state index >= 15 is 0 Å². The van der Waals surface area contributed by atoms with E-state index in [9.17, 15) is 24.9 Å². The number of benzene rings is 1. The molecule has 2 unspecified atom stereocenters. The summed E-state index contributed by atoms with van der Waals surface area (Å²) in [6.07, 6.45) is 0.769. The first-order valence-corrected chi connectivity index (χ1v) is 7.03. The van der Waals surface area contributed by atoms with Crippen LogP contribution in [0.2, 0.25) is 0 Å².